The summed E-state index contributed by atoms with van der Waals surface area (Å²) >= 11 is 0. The van der Waals surface area contributed by atoms with Crippen molar-refractivity contribution in [3.63, 3.8) is 0 Å². The smallest absolute Gasteiger partial charge is 0.253 e. The molecule has 0 unspecified atom stereocenters. The average molecular weight is 332 g/mol. The number of anilines is 2. The van der Waals surface area contributed by atoms with E-state index in [0.717, 1.165) is 53.9 Å². The number of nitrogens with zero attached hydrogens (tertiary/aromatic N) is 3. The lowest BCUT2D eigenvalue weighted by atomic mass is 10.1. The first-order chi connectivity index (χ1) is 12.3. The van der Waals surface area contributed by atoms with Crippen LogP contribution < -0.4 is 5.32 Å². The summed E-state index contributed by atoms with van der Waals surface area (Å²) in [6.07, 6.45) is 4.98. The van der Waals surface area contributed by atoms with E-state index in [0.29, 0.717) is 0 Å². The largest absolute Gasteiger partial charge is 0.340 e. The van der Waals surface area contributed by atoms with Gasteiger partial charge < -0.3 is 10.2 Å². The zero-order valence-electron chi connectivity index (χ0n) is 14.0. The van der Waals surface area contributed by atoms with Crippen LogP contribution in [0.15, 0.2) is 54.9 Å². The molecule has 126 valence electrons. The van der Waals surface area contributed by atoms with Gasteiger partial charge in [0.2, 0.25) is 0 Å². The van der Waals surface area contributed by atoms with Crippen LogP contribution in [-0.4, -0.2) is 33.9 Å². The van der Waals surface area contributed by atoms with E-state index in [-0.39, 0.29) is 5.91 Å². The maximum absolute atomic E-state index is 12.5. The number of hydrogen-bond acceptors (Lipinski definition) is 4. The van der Waals surface area contributed by atoms with Crippen molar-refractivity contribution in [3.8, 4) is 0 Å². The van der Waals surface area contributed by atoms with E-state index in [1.807, 2.05) is 53.4 Å². The topological polar surface area (TPSA) is 58.1 Å². The monoisotopic (exact) mass is 332 g/mol. The molecule has 5 nitrogen and oxygen atoms in total. The molecule has 4 rings (SSSR count). The number of rotatable bonds is 3. The van der Waals surface area contributed by atoms with E-state index in [4.69, 9.17) is 0 Å². The fourth-order valence-electron chi connectivity index (χ4n) is 3.22. The Morgan fingerprint density at radius 3 is 2.48 bits per heavy atom. The normalized spacial score (nSPS) is 14.5. The lowest BCUT2D eigenvalue weighted by Gasteiger charge is -2.26. The van der Waals surface area contributed by atoms with Crippen molar-refractivity contribution in [1.29, 1.82) is 0 Å². The van der Waals surface area contributed by atoms with Crippen LogP contribution in [0.4, 0.5) is 11.5 Å². The second-order valence-corrected chi connectivity index (χ2v) is 6.29. The van der Waals surface area contributed by atoms with Crippen molar-refractivity contribution in [2.45, 2.75) is 19.3 Å². The van der Waals surface area contributed by atoms with Gasteiger partial charge in [0.05, 0.1) is 5.52 Å². The number of likely N-dealkylation sites (tertiary alicyclic amines) is 1. The predicted molar refractivity (Wildman–Crippen MR) is 99.0 cm³/mol. The van der Waals surface area contributed by atoms with Crippen molar-refractivity contribution in [1.82, 2.24) is 14.9 Å². The summed E-state index contributed by atoms with van der Waals surface area (Å²) in [6, 6.07) is 15.5. The highest BCUT2D eigenvalue weighted by Gasteiger charge is 2.17. The number of hydrogen-bond donors (Lipinski definition) is 1. The number of amides is 1. The number of aromatic nitrogens is 2. The van der Waals surface area contributed by atoms with E-state index < -0.39 is 0 Å². The molecule has 5 heteroatoms. The molecule has 2 aromatic carbocycles. The maximum atomic E-state index is 12.5. The number of carbonyl (C=O) groups excluding carboxylic acids is 1. The highest BCUT2D eigenvalue weighted by molar-refractivity contribution is 5.95. The Labute approximate surface area is 146 Å². The minimum absolute atomic E-state index is 0.124. The van der Waals surface area contributed by atoms with Crippen molar-refractivity contribution >= 4 is 28.3 Å². The first-order valence-corrected chi connectivity index (χ1v) is 8.67. The molecule has 0 radical (unpaired) electrons. The number of para-hydroxylation sites is 1. The quantitative estimate of drug-likeness (QED) is 0.787. The Kier molecular flexibility index (Phi) is 4.29. The first-order valence-electron chi connectivity index (χ1n) is 8.67. The third-order valence-electron chi connectivity index (χ3n) is 4.58. The molecule has 0 spiro atoms. The van der Waals surface area contributed by atoms with E-state index in [2.05, 4.69) is 15.3 Å². The number of fused-ring (bicyclic) bond motifs is 1. The predicted octanol–water partition coefficient (Wildman–Crippen LogP) is 4.00. The highest BCUT2D eigenvalue weighted by atomic mass is 16.2. The molecule has 1 N–H and O–H groups in total. The molecule has 1 aliphatic rings. The number of carbonyl (C=O) groups is 1. The van der Waals surface area contributed by atoms with Crippen molar-refractivity contribution < 1.29 is 4.79 Å². The second kappa shape index (κ2) is 6.89. The minimum Gasteiger partial charge on any atom is -0.340 e. The molecule has 25 heavy (non-hydrogen) atoms. The summed E-state index contributed by atoms with van der Waals surface area (Å²) in [4.78, 5) is 23.1. The lowest BCUT2D eigenvalue weighted by molar-refractivity contribution is 0.0724. The van der Waals surface area contributed by atoms with Crippen molar-refractivity contribution in [2.24, 2.45) is 0 Å². The Balaban J connectivity index is 1.53. The molecule has 1 aliphatic heterocycles. The van der Waals surface area contributed by atoms with Gasteiger partial charge in [-0.25, -0.2) is 9.97 Å². The molecule has 2 heterocycles. The van der Waals surface area contributed by atoms with Gasteiger partial charge in [-0.05, 0) is 55.7 Å². The van der Waals surface area contributed by atoms with E-state index >= 15 is 0 Å². The van der Waals surface area contributed by atoms with Gasteiger partial charge in [0.25, 0.3) is 5.91 Å². The Morgan fingerprint density at radius 1 is 0.920 bits per heavy atom. The average Bonchev–Trinajstić information content (AvgIpc) is 2.69. The van der Waals surface area contributed by atoms with Gasteiger partial charge in [-0.3, -0.25) is 4.79 Å². The zero-order chi connectivity index (χ0) is 17.1. The number of benzene rings is 2. The maximum Gasteiger partial charge on any atom is 0.253 e. The van der Waals surface area contributed by atoms with Gasteiger partial charge in [-0.15, -0.1) is 0 Å². The van der Waals surface area contributed by atoms with Gasteiger partial charge in [-0.1, -0.05) is 12.1 Å². The molecule has 0 saturated carbocycles. The van der Waals surface area contributed by atoms with Crippen LogP contribution in [0, 0.1) is 0 Å². The number of piperidine rings is 1. The summed E-state index contributed by atoms with van der Waals surface area (Å²) in [7, 11) is 0. The zero-order valence-corrected chi connectivity index (χ0v) is 14.0. The molecule has 1 amide bonds. The number of nitrogens with one attached hydrogen (secondary N) is 1. The van der Waals surface area contributed by atoms with Gasteiger partial charge in [0.1, 0.15) is 12.1 Å². The molecule has 1 saturated heterocycles. The summed E-state index contributed by atoms with van der Waals surface area (Å²) in [5, 5.41) is 4.29. The minimum atomic E-state index is 0.124. The van der Waals surface area contributed by atoms with Crippen LogP contribution in [-0.2, 0) is 0 Å². The first kappa shape index (κ1) is 15.6. The molecule has 0 aliphatic carbocycles. The molecular weight excluding hydrogens is 312 g/mol. The Hall–Kier alpha value is -2.95. The third-order valence-corrected chi connectivity index (χ3v) is 4.58. The molecular formula is C20H20N4O. The fourth-order valence-corrected chi connectivity index (χ4v) is 3.22. The van der Waals surface area contributed by atoms with E-state index in [1.165, 1.54) is 6.42 Å². The molecule has 1 aromatic heterocycles. The van der Waals surface area contributed by atoms with Crippen LogP contribution in [0.2, 0.25) is 0 Å². The van der Waals surface area contributed by atoms with Gasteiger partial charge in [0, 0.05) is 29.7 Å². The summed E-state index contributed by atoms with van der Waals surface area (Å²) in [5.74, 6) is 0.888. The summed E-state index contributed by atoms with van der Waals surface area (Å²) in [5.41, 5.74) is 2.54. The SMILES string of the molecule is O=C(c1ccc(Nc2ncnc3ccccc23)cc1)N1CCCCC1. The van der Waals surface area contributed by atoms with Crippen molar-refractivity contribution in [3.05, 3.63) is 60.4 Å². The third kappa shape index (κ3) is 3.31. The molecule has 0 bridgehead atoms. The Morgan fingerprint density at radius 2 is 1.68 bits per heavy atom. The van der Waals surface area contributed by atoms with Crippen LogP contribution >= 0.6 is 0 Å². The van der Waals surface area contributed by atoms with E-state index in [9.17, 15) is 4.79 Å². The van der Waals surface area contributed by atoms with Crippen LogP contribution in [0.5, 0.6) is 0 Å². The van der Waals surface area contributed by atoms with Crippen LogP contribution in [0.3, 0.4) is 0 Å². The highest BCUT2D eigenvalue weighted by Crippen LogP contribution is 2.23. The lowest BCUT2D eigenvalue weighted by Crippen LogP contribution is -2.35. The van der Waals surface area contributed by atoms with Gasteiger partial charge in [-0.2, -0.15) is 0 Å². The van der Waals surface area contributed by atoms with Crippen LogP contribution in [0.1, 0.15) is 29.6 Å². The standard InChI is InChI=1S/C20H20N4O/c25-20(24-12-4-1-5-13-24)15-8-10-16(11-9-15)23-19-17-6-2-3-7-18(17)21-14-22-19/h2-3,6-11,14H,1,4-5,12-13H2,(H,21,22,23). The molecule has 0 atom stereocenters. The Bertz CT molecular complexity index is 880. The van der Waals surface area contributed by atoms with Gasteiger partial charge in [0.15, 0.2) is 0 Å². The van der Waals surface area contributed by atoms with Crippen LogP contribution in [0.25, 0.3) is 10.9 Å². The molecule has 3 aromatic rings. The van der Waals surface area contributed by atoms with Crippen molar-refractivity contribution in [2.75, 3.05) is 18.4 Å². The molecule has 1 fully saturated rings. The van der Waals surface area contributed by atoms with Gasteiger partial charge >= 0.3 is 0 Å². The fraction of sp³-hybridized carbons (Fsp3) is 0.250. The second-order valence-electron chi connectivity index (χ2n) is 6.29. The summed E-state index contributed by atoms with van der Waals surface area (Å²) < 4.78 is 0. The summed E-state index contributed by atoms with van der Waals surface area (Å²) in [6.45, 7) is 1.73. The van der Waals surface area contributed by atoms with E-state index in [1.54, 1.807) is 6.33 Å².